The molecule has 0 aliphatic rings. The van der Waals surface area contributed by atoms with E-state index in [-0.39, 0.29) is 12.5 Å². The van der Waals surface area contributed by atoms with E-state index in [4.69, 9.17) is 0 Å². The van der Waals surface area contributed by atoms with Crippen molar-refractivity contribution in [2.24, 2.45) is 0 Å². The topological polar surface area (TPSA) is 38.0 Å². The molecule has 1 aromatic heterocycles. The van der Waals surface area contributed by atoms with Gasteiger partial charge >= 0.3 is 0 Å². The monoisotopic (exact) mass is 354 g/mol. The number of nitrogens with zero attached hydrogens (tertiary/aromatic N) is 2. The number of imidazole rings is 1. The molecule has 132 valence electrons. The average molecular weight is 354 g/mol. The van der Waals surface area contributed by atoms with Gasteiger partial charge in [-0.2, -0.15) is 0 Å². The fourth-order valence-corrected chi connectivity index (χ4v) is 3.78. The smallest absolute Gasteiger partial charge is 0.127 e. The average Bonchev–Trinajstić information content (AvgIpc) is 2.82. The van der Waals surface area contributed by atoms with Crippen molar-refractivity contribution >= 4 is 11.8 Å². The van der Waals surface area contributed by atoms with Crippen LogP contribution in [0, 0.1) is 11.6 Å². The van der Waals surface area contributed by atoms with E-state index in [1.54, 1.807) is 0 Å². The maximum Gasteiger partial charge on any atom is 0.127 e. The molecule has 0 saturated carbocycles. The van der Waals surface area contributed by atoms with Gasteiger partial charge in [-0.05, 0) is 24.5 Å². The van der Waals surface area contributed by atoms with E-state index < -0.39 is 11.6 Å². The number of hydrogen-bond donors (Lipinski definition) is 1. The first-order valence-electron chi connectivity index (χ1n) is 8.30. The number of aliphatic hydroxyl groups excluding tert-OH is 1. The Morgan fingerprint density at radius 3 is 2.42 bits per heavy atom. The van der Waals surface area contributed by atoms with Crippen molar-refractivity contribution in [2.75, 3.05) is 6.61 Å². The van der Waals surface area contributed by atoms with Crippen LogP contribution in [0.25, 0.3) is 0 Å². The lowest BCUT2D eigenvalue weighted by Crippen LogP contribution is -2.07. The Labute approximate surface area is 146 Å². The molecule has 1 aromatic carbocycles. The van der Waals surface area contributed by atoms with E-state index in [9.17, 15) is 13.9 Å². The zero-order valence-corrected chi connectivity index (χ0v) is 15.2. The van der Waals surface area contributed by atoms with Gasteiger partial charge in [0, 0.05) is 23.9 Å². The van der Waals surface area contributed by atoms with Gasteiger partial charge in [-0.3, -0.25) is 0 Å². The maximum atomic E-state index is 13.5. The lowest BCUT2D eigenvalue weighted by atomic mass is 10.1. The highest BCUT2D eigenvalue weighted by atomic mass is 32.2. The van der Waals surface area contributed by atoms with Crippen molar-refractivity contribution in [1.29, 1.82) is 0 Å². The molecule has 24 heavy (non-hydrogen) atoms. The van der Waals surface area contributed by atoms with Gasteiger partial charge in [0.2, 0.25) is 0 Å². The molecule has 0 amide bonds. The zero-order chi connectivity index (χ0) is 17.7. The third-order valence-electron chi connectivity index (χ3n) is 3.69. The number of hydrogen-bond acceptors (Lipinski definition) is 3. The molecule has 1 N–H and O–H groups in total. The highest BCUT2D eigenvalue weighted by Gasteiger charge is 2.20. The van der Waals surface area contributed by atoms with E-state index in [1.807, 2.05) is 13.8 Å². The van der Waals surface area contributed by atoms with Crippen molar-refractivity contribution < 1.29 is 13.9 Å². The molecule has 0 bridgehead atoms. The van der Waals surface area contributed by atoms with Gasteiger partial charge in [-0.25, -0.2) is 13.8 Å². The number of unbranched alkanes of at least 4 members (excludes halogenated alkanes) is 1. The molecule has 3 nitrogen and oxygen atoms in total. The van der Waals surface area contributed by atoms with Crippen LogP contribution < -0.4 is 0 Å². The molecule has 0 radical (unpaired) electrons. The van der Waals surface area contributed by atoms with E-state index in [0.717, 1.165) is 42.0 Å². The number of aromatic nitrogens is 2. The molecule has 2 aromatic rings. The van der Waals surface area contributed by atoms with E-state index in [0.29, 0.717) is 11.3 Å². The Balaban J connectivity index is 2.47. The normalized spacial score (nSPS) is 11.5. The summed E-state index contributed by atoms with van der Waals surface area (Å²) >= 11 is 1.33. The largest absolute Gasteiger partial charge is 0.396 e. The lowest BCUT2D eigenvalue weighted by Gasteiger charge is -2.13. The summed E-state index contributed by atoms with van der Waals surface area (Å²) in [6, 6.07) is 3.54. The van der Waals surface area contributed by atoms with Crippen LogP contribution in [0.4, 0.5) is 8.78 Å². The Kier molecular flexibility index (Phi) is 6.80. The SMILES string of the molecule is CCCCn1c(CCO)nc(C(C)C)c1Sc1cc(F)cc(F)c1. The number of aliphatic hydroxyl groups is 1. The lowest BCUT2D eigenvalue weighted by molar-refractivity contribution is 0.293. The first kappa shape index (κ1) is 18.9. The van der Waals surface area contributed by atoms with Gasteiger partial charge in [0.05, 0.1) is 12.3 Å². The summed E-state index contributed by atoms with van der Waals surface area (Å²) in [5.41, 5.74) is 0.907. The highest BCUT2D eigenvalue weighted by Crippen LogP contribution is 2.35. The van der Waals surface area contributed by atoms with Gasteiger partial charge in [-0.15, -0.1) is 0 Å². The van der Waals surface area contributed by atoms with Crippen molar-refractivity contribution in [2.45, 2.75) is 62.4 Å². The predicted octanol–water partition coefficient (Wildman–Crippen LogP) is 4.77. The van der Waals surface area contributed by atoms with Crippen LogP contribution in [-0.4, -0.2) is 21.3 Å². The molecule has 0 spiro atoms. The molecule has 0 saturated heterocycles. The van der Waals surface area contributed by atoms with Gasteiger partial charge in [0.25, 0.3) is 0 Å². The van der Waals surface area contributed by atoms with Crippen LogP contribution in [0.2, 0.25) is 0 Å². The van der Waals surface area contributed by atoms with Crippen LogP contribution in [0.15, 0.2) is 28.1 Å². The predicted molar refractivity (Wildman–Crippen MR) is 92.5 cm³/mol. The number of halogens is 2. The summed E-state index contributed by atoms with van der Waals surface area (Å²) in [6.07, 6.45) is 2.49. The Morgan fingerprint density at radius 2 is 1.88 bits per heavy atom. The summed E-state index contributed by atoms with van der Waals surface area (Å²) < 4.78 is 29.1. The van der Waals surface area contributed by atoms with Crippen molar-refractivity contribution in [3.05, 3.63) is 41.4 Å². The molecular formula is C18H24F2N2OS. The summed E-state index contributed by atoms with van der Waals surface area (Å²) in [4.78, 5) is 5.20. The van der Waals surface area contributed by atoms with Crippen molar-refractivity contribution in [1.82, 2.24) is 9.55 Å². The Bertz CT molecular complexity index is 666. The molecule has 0 aliphatic carbocycles. The zero-order valence-electron chi connectivity index (χ0n) is 14.4. The number of rotatable bonds is 8. The summed E-state index contributed by atoms with van der Waals surface area (Å²) in [7, 11) is 0. The van der Waals surface area contributed by atoms with E-state index in [1.165, 1.54) is 23.9 Å². The second-order valence-electron chi connectivity index (χ2n) is 6.06. The first-order chi connectivity index (χ1) is 11.5. The fourth-order valence-electron chi connectivity index (χ4n) is 2.52. The molecule has 0 unspecified atom stereocenters. The summed E-state index contributed by atoms with van der Waals surface area (Å²) in [6.45, 7) is 7.02. The van der Waals surface area contributed by atoms with Crippen molar-refractivity contribution in [3.63, 3.8) is 0 Å². The second-order valence-corrected chi connectivity index (χ2v) is 7.12. The standard InChI is InChI=1S/C18H24F2N2OS/c1-4-5-7-22-16(6-8-23)21-17(12(2)3)18(22)24-15-10-13(19)9-14(20)11-15/h9-12,23H,4-8H2,1-3H3. The molecule has 6 heteroatoms. The summed E-state index contributed by atoms with van der Waals surface area (Å²) in [5, 5.41) is 10.2. The van der Waals surface area contributed by atoms with Crippen LogP contribution >= 0.6 is 11.8 Å². The van der Waals surface area contributed by atoms with Crippen LogP contribution in [0.3, 0.4) is 0 Å². The fraction of sp³-hybridized carbons (Fsp3) is 0.500. The minimum atomic E-state index is -0.584. The quantitative estimate of drug-likeness (QED) is 0.742. The molecule has 1 heterocycles. The number of benzene rings is 1. The maximum absolute atomic E-state index is 13.5. The minimum Gasteiger partial charge on any atom is -0.396 e. The first-order valence-corrected chi connectivity index (χ1v) is 9.12. The van der Waals surface area contributed by atoms with E-state index >= 15 is 0 Å². The third-order valence-corrected chi connectivity index (χ3v) is 4.79. The van der Waals surface area contributed by atoms with Crippen LogP contribution in [-0.2, 0) is 13.0 Å². The molecule has 0 atom stereocenters. The summed E-state index contributed by atoms with van der Waals surface area (Å²) in [5.74, 6) is -0.155. The third kappa shape index (κ3) is 4.57. The van der Waals surface area contributed by atoms with Crippen molar-refractivity contribution in [3.8, 4) is 0 Å². The molecule has 2 rings (SSSR count). The van der Waals surface area contributed by atoms with Crippen LogP contribution in [0.5, 0.6) is 0 Å². The van der Waals surface area contributed by atoms with Crippen LogP contribution in [0.1, 0.15) is 51.0 Å². The Hall–Kier alpha value is -1.40. The van der Waals surface area contributed by atoms with Gasteiger partial charge < -0.3 is 9.67 Å². The van der Waals surface area contributed by atoms with E-state index in [2.05, 4.69) is 16.5 Å². The highest BCUT2D eigenvalue weighted by molar-refractivity contribution is 7.99. The van der Waals surface area contributed by atoms with Gasteiger partial charge in [0.15, 0.2) is 0 Å². The molecule has 0 fully saturated rings. The minimum absolute atomic E-state index is 0.0272. The van der Waals surface area contributed by atoms with Gasteiger partial charge in [-0.1, -0.05) is 39.0 Å². The molecular weight excluding hydrogens is 330 g/mol. The van der Waals surface area contributed by atoms with Gasteiger partial charge in [0.1, 0.15) is 22.5 Å². The second kappa shape index (κ2) is 8.62. The Morgan fingerprint density at radius 1 is 1.21 bits per heavy atom. The molecule has 0 aliphatic heterocycles.